The first-order chi connectivity index (χ1) is 21.6. The van der Waals surface area contributed by atoms with E-state index in [2.05, 4.69) is 93.3 Å². The van der Waals surface area contributed by atoms with Gasteiger partial charge in [0.25, 0.3) is 0 Å². The van der Waals surface area contributed by atoms with Gasteiger partial charge in [-0.15, -0.1) is 0 Å². The zero-order valence-electron chi connectivity index (χ0n) is 25.2. The zero-order chi connectivity index (χ0) is 29.3. The number of benzene rings is 2. The van der Waals surface area contributed by atoms with Crippen LogP contribution in [-0.2, 0) is 24.8 Å². The molecular formula is C38H39N4O2+. The lowest BCUT2D eigenvalue weighted by Crippen LogP contribution is -2.67. The Bertz CT molecular complexity index is 1940. The Morgan fingerprint density at radius 1 is 1.14 bits per heavy atom. The molecule has 6 nitrogen and oxygen atoms in total. The van der Waals surface area contributed by atoms with Crippen molar-refractivity contribution in [3.63, 3.8) is 0 Å². The summed E-state index contributed by atoms with van der Waals surface area (Å²) < 4.78 is 2.42. The lowest BCUT2D eigenvalue weighted by molar-refractivity contribution is -0.688. The van der Waals surface area contributed by atoms with Gasteiger partial charge in [-0.3, -0.25) is 4.90 Å². The molecule has 222 valence electrons. The topological polar surface area (TPSA) is 66.6 Å². The number of aryl methyl sites for hydroxylation is 3. The number of anilines is 1. The molecule has 3 fully saturated rings. The van der Waals surface area contributed by atoms with E-state index >= 15 is 0 Å². The highest BCUT2D eigenvalue weighted by atomic mass is 16.3. The molecule has 7 heterocycles. The number of piperidine rings is 1. The van der Waals surface area contributed by atoms with Crippen molar-refractivity contribution in [2.24, 2.45) is 11.8 Å². The number of para-hydroxylation sites is 2. The summed E-state index contributed by atoms with van der Waals surface area (Å²) in [6.45, 7) is 5.25. The first-order valence-electron chi connectivity index (χ1n) is 16.6. The largest absolute Gasteiger partial charge is 0.392 e. The molecule has 1 aliphatic carbocycles. The van der Waals surface area contributed by atoms with Gasteiger partial charge >= 0.3 is 0 Å². The molecule has 6 heteroatoms. The molecule has 5 aliphatic heterocycles. The van der Waals surface area contributed by atoms with Crippen LogP contribution < -0.4 is 9.47 Å². The highest BCUT2D eigenvalue weighted by Gasteiger charge is 2.69. The van der Waals surface area contributed by atoms with Crippen molar-refractivity contribution in [2.45, 2.75) is 62.8 Å². The van der Waals surface area contributed by atoms with Crippen LogP contribution in [0.15, 0.2) is 78.6 Å². The fourth-order valence-corrected chi connectivity index (χ4v) is 10.8. The maximum atomic E-state index is 12.7. The lowest BCUT2D eigenvalue weighted by Gasteiger charge is -2.59. The van der Waals surface area contributed by atoms with Gasteiger partial charge in [0, 0.05) is 70.3 Å². The van der Waals surface area contributed by atoms with Crippen LogP contribution in [-0.4, -0.2) is 58.0 Å². The van der Waals surface area contributed by atoms with Crippen molar-refractivity contribution in [1.29, 1.82) is 0 Å². The summed E-state index contributed by atoms with van der Waals surface area (Å²) in [6.07, 6.45) is 10.2. The van der Waals surface area contributed by atoms with Crippen molar-refractivity contribution in [1.82, 2.24) is 9.88 Å². The van der Waals surface area contributed by atoms with Gasteiger partial charge in [-0.2, -0.15) is 4.57 Å². The molecule has 10 rings (SSSR count). The van der Waals surface area contributed by atoms with Crippen molar-refractivity contribution in [3.8, 4) is 11.4 Å². The number of aliphatic hydroxyl groups excluding tert-OH is 2. The first kappa shape index (κ1) is 25.6. The van der Waals surface area contributed by atoms with Gasteiger partial charge < -0.3 is 20.1 Å². The Kier molecular flexibility index (Phi) is 5.20. The van der Waals surface area contributed by atoms with E-state index in [1.165, 1.54) is 55.8 Å². The number of nitrogens with one attached hydrogen (secondary N) is 1. The highest BCUT2D eigenvalue weighted by Crippen LogP contribution is 2.65. The Balaban J connectivity index is 1.19. The summed E-state index contributed by atoms with van der Waals surface area (Å²) in [5.41, 5.74) is 12.6. The summed E-state index contributed by atoms with van der Waals surface area (Å²) in [7, 11) is 0. The van der Waals surface area contributed by atoms with Crippen molar-refractivity contribution >= 4 is 22.2 Å². The molecular weight excluding hydrogens is 544 g/mol. The molecule has 44 heavy (non-hydrogen) atoms. The predicted molar refractivity (Wildman–Crippen MR) is 172 cm³/mol. The summed E-state index contributed by atoms with van der Waals surface area (Å²) in [5.74, 6) is 0.321. The average molecular weight is 584 g/mol. The van der Waals surface area contributed by atoms with Crippen LogP contribution in [0.5, 0.6) is 0 Å². The maximum Gasteiger partial charge on any atom is 0.229 e. The van der Waals surface area contributed by atoms with E-state index in [9.17, 15) is 10.2 Å². The minimum Gasteiger partial charge on any atom is -0.392 e. The third-order valence-corrected chi connectivity index (χ3v) is 12.5. The van der Waals surface area contributed by atoms with Crippen LogP contribution in [0.3, 0.4) is 0 Å². The van der Waals surface area contributed by atoms with Gasteiger partial charge in [0.1, 0.15) is 5.69 Å². The molecule has 2 bridgehead atoms. The number of aliphatic hydroxyl groups is 2. The number of aromatic nitrogens is 2. The van der Waals surface area contributed by atoms with Gasteiger partial charge in [0.05, 0.1) is 18.8 Å². The fraction of sp³-hybridized carbons (Fsp3) is 0.395. The van der Waals surface area contributed by atoms with Crippen LogP contribution in [0.2, 0.25) is 0 Å². The molecule has 4 aromatic rings. The van der Waals surface area contributed by atoms with E-state index in [0.29, 0.717) is 6.04 Å². The summed E-state index contributed by atoms with van der Waals surface area (Å²) in [4.78, 5) is 9.00. The number of aromatic amines is 1. The second-order valence-corrected chi connectivity index (χ2v) is 14.0. The van der Waals surface area contributed by atoms with Crippen LogP contribution in [0, 0.1) is 11.8 Å². The Hall–Kier alpha value is -3.71. The van der Waals surface area contributed by atoms with Crippen molar-refractivity contribution < 1.29 is 14.8 Å². The summed E-state index contributed by atoms with van der Waals surface area (Å²) in [5, 5.41) is 24.1. The molecule has 2 saturated heterocycles. The van der Waals surface area contributed by atoms with E-state index in [0.717, 1.165) is 50.9 Å². The monoisotopic (exact) mass is 583 g/mol. The first-order valence-corrected chi connectivity index (χ1v) is 16.6. The van der Waals surface area contributed by atoms with Gasteiger partial charge in [0.15, 0.2) is 12.7 Å². The van der Waals surface area contributed by atoms with Crippen LogP contribution in [0.1, 0.15) is 42.0 Å². The summed E-state index contributed by atoms with van der Waals surface area (Å²) in [6, 6.07) is 20.8. The van der Waals surface area contributed by atoms with Gasteiger partial charge in [-0.05, 0) is 60.5 Å². The molecule has 1 saturated carbocycles. The second kappa shape index (κ2) is 8.94. The van der Waals surface area contributed by atoms with Crippen molar-refractivity contribution in [3.05, 3.63) is 101 Å². The SMILES string of the molecule is CCc1c[n+]2c(cc1C1=CN3c4ccccc4[C@]45CCN6CC(=CCO)[C@H](C[C@H]64)[C@@H]([C@@H]1O)[C@H]35)-c1[nH]c3ccccc3c1CC2. The summed E-state index contributed by atoms with van der Waals surface area (Å²) >= 11 is 0. The van der Waals surface area contributed by atoms with E-state index in [1.807, 2.05) is 6.08 Å². The number of rotatable bonds is 3. The molecule has 0 unspecified atom stereocenters. The Morgan fingerprint density at radius 2 is 2.00 bits per heavy atom. The molecule has 1 spiro atoms. The predicted octanol–water partition coefficient (Wildman–Crippen LogP) is 4.73. The molecule has 6 atom stereocenters. The third kappa shape index (κ3) is 3.04. The molecule has 2 aromatic heterocycles. The lowest BCUT2D eigenvalue weighted by atomic mass is 9.53. The number of pyridine rings is 1. The molecule has 2 aromatic carbocycles. The quantitative estimate of drug-likeness (QED) is 0.241. The van der Waals surface area contributed by atoms with Crippen LogP contribution >= 0.6 is 0 Å². The normalized spacial score (nSPS) is 32.0. The van der Waals surface area contributed by atoms with Crippen LogP contribution in [0.4, 0.5) is 5.69 Å². The number of nitrogens with zero attached hydrogens (tertiary/aromatic N) is 3. The third-order valence-electron chi connectivity index (χ3n) is 12.5. The number of hydrogen-bond acceptors (Lipinski definition) is 4. The standard InChI is InChI=1S/C38H38N4O2/c1-2-22-19-40-14-11-25-24-7-3-5-9-30(24)39-35(25)32(40)17-26(22)28-21-42-31-10-6-4-8-29(31)38-13-15-41-20-23(12-16-43)27(18-33(38)41)34(36(28)44)37(38)42/h3-10,12,17,19,21,27,33-34,36-37,43-44H,2,11,13-16,18,20H2,1H3/p+1/t27-,33-,34-,36+,37-,38+/m0/s1. The minimum absolute atomic E-state index is 0.0318. The molecule has 6 aliphatic rings. The van der Waals surface area contributed by atoms with E-state index < -0.39 is 6.10 Å². The molecule has 0 amide bonds. The number of fused-ring (bicyclic) bond motifs is 9. The number of H-pyrrole nitrogens is 1. The van der Waals surface area contributed by atoms with E-state index in [1.54, 1.807) is 0 Å². The highest BCUT2D eigenvalue weighted by molar-refractivity contribution is 5.91. The zero-order valence-corrected chi connectivity index (χ0v) is 25.2. The van der Waals surface area contributed by atoms with Crippen molar-refractivity contribution in [2.75, 3.05) is 24.6 Å². The molecule has 3 N–H and O–H groups in total. The second-order valence-electron chi connectivity index (χ2n) is 14.0. The van der Waals surface area contributed by atoms with Gasteiger partial charge in [0.2, 0.25) is 5.69 Å². The van der Waals surface area contributed by atoms with Gasteiger partial charge in [-0.25, -0.2) is 0 Å². The van der Waals surface area contributed by atoms with E-state index in [-0.39, 0.29) is 29.9 Å². The van der Waals surface area contributed by atoms with Crippen LogP contribution in [0.25, 0.3) is 27.9 Å². The Morgan fingerprint density at radius 3 is 2.89 bits per heavy atom. The molecule has 0 radical (unpaired) electrons. The van der Waals surface area contributed by atoms with Gasteiger partial charge in [-0.1, -0.05) is 55.0 Å². The Labute approximate surface area is 257 Å². The van der Waals surface area contributed by atoms with E-state index in [4.69, 9.17) is 0 Å². The maximum absolute atomic E-state index is 12.7. The smallest absolute Gasteiger partial charge is 0.229 e. The number of hydrogen-bond donors (Lipinski definition) is 3. The minimum atomic E-state index is -0.582. The average Bonchev–Trinajstić information content (AvgIpc) is 3.73. The fourth-order valence-electron chi connectivity index (χ4n) is 10.8.